The van der Waals surface area contributed by atoms with E-state index in [1.807, 2.05) is 29.6 Å². The Morgan fingerprint density at radius 2 is 1.90 bits per heavy atom. The summed E-state index contributed by atoms with van der Waals surface area (Å²) in [4.78, 5) is 19.4. The van der Waals surface area contributed by atoms with Gasteiger partial charge in [-0.2, -0.15) is 0 Å². The molecule has 5 rings (SSSR count). The molecule has 3 heterocycles. The molecule has 1 atom stereocenters. The van der Waals surface area contributed by atoms with Gasteiger partial charge in [0.25, 0.3) is 5.91 Å². The molecule has 0 saturated heterocycles. The van der Waals surface area contributed by atoms with Gasteiger partial charge in [-0.05, 0) is 30.3 Å². The summed E-state index contributed by atoms with van der Waals surface area (Å²) in [7, 11) is 0. The molecule has 0 radical (unpaired) electrons. The van der Waals surface area contributed by atoms with Gasteiger partial charge in [0.15, 0.2) is 29.1 Å². The maximum atomic E-state index is 13.3. The van der Waals surface area contributed by atoms with Crippen molar-refractivity contribution in [2.24, 2.45) is 0 Å². The van der Waals surface area contributed by atoms with Crippen molar-refractivity contribution in [2.75, 3.05) is 19.9 Å². The first-order chi connectivity index (χ1) is 14.3. The van der Waals surface area contributed by atoms with Crippen LogP contribution in [-0.2, 0) is 6.54 Å². The Kier molecular flexibility index (Phi) is 4.69. The molecule has 8 heteroatoms. The number of hydrogen-bond donors (Lipinski definition) is 0. The third-order valence-electron chi connectivity index (χ3n) is 4.71. The summed E-state index contributed by atoms with van der Waals surface area (Å²) in [6.45, 7) is 1.32. The number of amides is 1. The third-order valence-corrected chi connectivity index (χ3v) is 5.47. The number of hydrogen-bond acceptors (Lipinski definition) is 7. The molecule has 0 N–H and O–H groups in total. The molecule has 0 fully saturated rings. The molecular weight excluding hydrogens is 392 g/mol. The van der Waals surface area contributed by atoms with Gasteiger partial charge in [0, 0.05) is 17.1 Å². The second kappa shape index (κ2) is 7.63. The van der Waals surface area contributed by atoms with Crippen LogP contribution in [0.4, 0.5) is 0 Å². The lowest BCUT2D eigenvalue weighted by molar-refractivity contribution is 0.0444. The summed E-state index contributed by atoms with van der Waals surface area (Å²) >= 11 is 1.51. The van der Waals surface area contributed by atoms with Crippen molar-refractivity contribution in [3.8, 4) is 23.0 Å². The van der Waals surface area contributed by atoms with Crippen LogP contribution >= 0.6 is 11.3 Å². The van der Waals surface area contributed by atoms with Crippen molar-refractivity contribution in [3.63, 3.8) is 0 Å². The summed E-state index contributed by atoms with van der Waals surface area (Å²) in [6, 6.07) is 12.8. The molecule has 0 saturated carbocycles. The molecule has 0 aliphatic carbocycles. The largest absolute Gasteiger partial charge is 0.486 e. The molecule has 1 amide bonds. The summed E-state index contributed by atoms with van der Waals surface area (Å²) in [5.74, 6) is 2.51. The van der Waals surface area contributed by atoms with Gasteiger partial charge in [-0.25, -0.2) is 4.98 Å². The van der Waals surface area contributed by atoms with Crippen molar-refractivity contribution < 1.29 is 23.7 Å². The minimum Gasteiger partial charge on any atom is -0.486 e. The molecule has 7 nitrogen and oxygen atoms in total. The van der Waals surface area contributed by atoms with Crippen molar-refractivity contribution in [1.82, 2.24) is 9.88 Å². The van der Waals surface area contributed by atoms with Gasteiger partial charge < -0.3 is 23.8 Å². The zero-order chi connectivity index (χ0) is 19.6. The van der Waals surface area contributed by atoms with E-state index in [2.05, 4.69) is 4.98 Å². The van der Waals surface area contributed by atoms with Crippen LogP contribution in [-0.4, -0.2) is 41.8 Å². The van der Waals surface area contributed by atoms with E-state index in [1.54, 1.807) is 29.3 Å². The summed E-state index contributed by atoms with van der Waals surface area (Å²) in [6.07, 6.45) is 1.46. The molecule has 3 aromatic rings. The first-order valence-electron chi connectivity index (χ1n) is 9.22. The second-order valence-electron chi connectivity index (χ2n) is 6.68. The Morgan fingerprint density at radius 1 is 1.07 bits per heavy atom. The predicted molar refractivity (Wildman–Crippen MR) is 106 cm³/mol. The van der Waals surface area contributed by atoms with Gasteiger partial charge in [0.2, 0.25) is 6.79 Å². The number of aromatic nitrogens is 1. The summed E-state index contributed by atoms with van der Waals surface area (Å²) in [5.41, 5.74) is 0.530. The van der Waals surface area contributed by atoms with Crippen LogP contribution < -0.4 is 18.9 Å². The van der Waals surface area contributed by atoms with Crippen LogP contribution in [0.1, 0.15) is 15.4 Å². The van der Waals surface area contributed by atoms with Crippen molar-refractivity contribution in [3.05, 3.63) is 64.6 Å². The lowest BCUT2D eigenvalue weighted by Gasteiger charge is -2.31. The van der Waals surface area contributed by atoms with E-state index in [4.69, 9.17) is 18.9 Å². The predicted octanol–water partition coefficient (Wildman–Crippen LogP) is 3.35. The minimum absolute atomic E-state index is 0.124. The first-order valence-corrected chi connectivity index (χ1v) is 10.1. The Morgan fingerprint density at radius 3 is 2.76 bits per heavy atom. The molecule has 29 heavy (non-hydrogen) atoms. The monoisotopic (exact) mass is 410 g/mol. The number of carbonyl (C=O) groups excluding carboxylic acids is 1. The van der Waals surface area contributed by atoms with Gasteiger partial charge in [-0.15, -0.1) is 11.3 Å². The summed E-state index contributed by atoms with van der Waals surface area (Å²) in [5, 5.41) is 2.76. The lowest BCUT2D eigenvalue weighted by atomic mass is 10.1. The van der Waals surface area contributed by atoms with Crippen LogP contribution in [0, 0.1) is 0 Å². The van der Waals surface area contributed by atoms with Crippen molar-refractivity contribution in [1.29, 1.82) is 0 Å². The fourth-order valence-electron chi connectivity index (χ4n) is 3.32. The van der Waals surface area contributed by atoms with Crippen molar-refractivity contribution >= 4 is 17.2 Å². The Balaban J connectivity index is 1.37. The lowest BCUT2D eigenvalue weighted by Crippen LogP contribution is -2.43. The third kappa shape index (κ3) is 3.71. The molecule has 148 valence electrons. The van der Waals surface area contributed by atoms with Crippen LogP contribution in [0.25, 0.3) is 0 Å². The zero-order valence-corrected chi connectivity index (χ0v) is 16.3. The minimum atomic E-state index is -0.275. The van der Waals surface area contributed by atoms with Crippen LogP contribution in [0.3, 0.4) is 0 Å². The average molecular weight is 410 g/mol. The number of nitrogens with zero attached hydrogens (tertiary/aromatic N) is 2. The van der Waals surface area contributed by atoms with E-state index >= 15 is 0 Å². The van der Waals surface area contributed by atoms with Crippen LogP contribution in [0.2, 0.25) is 0 Å². The smallest absolute Gasteiger partial charge is 0.254 e. The Hall–Kier alpha value is -3.26. The number of rotatable bonds is 5. The standard InChI is InChI=1S/C21H18N2O5S/c24-21(14-5-6-17-19(9-14)27-13-26-17)23(11-20-22-7-8-29-20)10-15-12-25-16-3-1-2-4-18(16)28-15/h1-9,15H,10-13H2. The van der Waals surface area contributed by atoms with Crippen LogP contribution in [0.5, 0.6) is 23.0 Å². The number of fused-ring (bicyclic) bond motifs is 2. The molecule has 2 aromatic carbocycles. The highest BCUT2D eigenvalue weighted by atomic mass is 32.1. The van der Waals surface area contributed by atoms with E-state index in [9.17, 15) is 4.79 Å². The van der Waals surface area contributed by atoms with Gasteiger partial charge in [0.05, 0.1) is 13.1 Å². The van der Waals surface area contributed by atoms with E-state index in [0.717, 1.165) is 10.8 Å². The molecule has 0 spiro atoms. The number of thiazole rings is 1. The van der Waals surface area contributed by atoms with Crippen molar-refractivity contribution in [2.45, 2.75) is 12.6 Å². The first kappa shape index (κ1) is 17.8. The van der Waals surface area contributed by atoms with Gasteiger partial charge in [-0.3, -0.25) is 4.79 Å². The highest BCUT2D eigenvalue weighted by Crippen LogP contribution is 2.34. The highest BCUT2D eigenvalue weighted by Gasteiger charge is 2.27. The van der Waals surface area contributed by atoms with E-state index in [0.29, 0.717) is 42.5 Å². The second-order valence-corrected chi connectivity index (χ2v) is 7.66. The number of ether oxygens (including phenoxy) is 4. The topological polar surface area (TPSA) is 70.1 Å². The quantitative estimate of drug-likeness (QED) is 0.643. The molecule has 1 aromatic heterocycles. The molecule has 0 bridgehead atoms. The van der Waals surface area contributed by atoms with E-state index < -0.39 is 0 Å². The SMILES string of the molecule is O=C(c1ccc2c(c1)OCO2)N(Cc1nccs1)CC1COc2ccccc2O1. The number of para-hydroxylation sites is 2. The molecule has 2 aliphatic rings. The zero-order valence-electron chi connectivity index (χ0n) is 15.4. The highest BCUT2D eigenvalue weighted by molar-refractivity contribution is 7.09. The normalized spacial score (nSPS) is 16.5. The average Bonchev–Trinajstić information content (AvgIpc) is 3.44. The Bertz CT molecular complexity index is 1020. The maximum absolute atomic E-state index is 13.3. The van der Waals surface area contributed by atoms with Gasteiger partial charge in [-0.1, -0.05) is 12.1 Å². The molecule has 1 unspecified atom stereocenters. The van der Waals surface area contributed by atoms with Gasteiger partial charge >= 0.3 is 0 Å². The van der Waals surface area contributed by atoms with Gasteiger partial charge in [0.1, 0.15) is 11.6 Å². The number of carbonyl (C=O) groups is 1. The van der Waals surface area contributed by atoms with E-state index in [-0.39, 0.29) is 18.8 Å². The fourth-order valence-corrected chi connectivity index (χ4v) is 3.96. The Labute approximate surface area is 171 Å². The summed E-state index contributed by atoms with van der Waals surface area (Å²) < 4.78 is 22.6. The van der Waals surface area contributed by atoms with Crippen LogP contribution in [0.15, 0.2) is 54.0 Å². The molecular formula is C21H18N2O5S. The number of benzene rings is 2. The maximum Gasteiger partial charge on any atom is 0.254 e. The van der Waals surface area contributed by atoms with E-state index in [1.165, 1.54) is 11.3 Å². The molecule has 2 aliphatic heterocycles. The fraction of sp³-hybridized carbons (Fsp3) is 0.238.